The number of nitrogens with one attached hydrogen (secondary N) is 2. The summed E-state index contributed by atoms with van der Waals surface area (Å²) in [6.45, 7) is 2.16. The summed E-state index contributed by atoms with van der Waals surface area (Å²) < 4.78 is 22.8. The van der Waals surface area contributed by atoms with E-state index in [4.69, 9.17) is 18.9 Å². The number of amides is 3. The van der Waals surface area contributed by atoms with Crippen molar-refractivity contribution in [1.29, 1.82) is 0 Å². The summed E-state index contributed by atoms with van der Waals surface area (Å²) in [6, 6.07) is 13.2. The molecular weight excluding hydrogens is 444 g/mol. The number of esters is 1. The summed E-state index contributed by atoms with van der Waals surface area (Å²) in [4.78, 5) is 36.7. The van der Waals surface area contributed by atoms with Crippen molar-refractivity contribution in [3.05, 3.63) is 60.4 Å². The molecule has 0 atom stereocenters. The van der Waals surface area contributed by atoms with Crippen molar-refractivity contribution < 1.29 is 33.3 Å². The fourth-order valence-electron chi connectivity index (χ4n) is 3.11. The van der Waals surface area contributed by atoms with Gasteiger partial charge in [-0.05, 0) is 31.2 Å². The lowest BCUT2D eigenvalue weighted by atomic mass is 10.2. The summed E-state index contributed by atoms with van der Waals surface area (Å²) >= 11 is 0. The van der Waals surface area contributed by atoms with Crippen LogP contribution in [0.5, 0.6) is 17.2 Å². The van der Waals surface area contributed by atoms with Gasteiger partial charge < -0.3 is 24.3 Å². The van der Waals surface area contributed by atoms with Crippen LogP contribution in [0.3, 0.4) is 0 Å². The molecule has 11 heteroatoms. The number of anilines is 1. The average Bonchev–Trinajstić information content (AvgIpc) is 3.28. The molecule has 0 radical (unpaired) electrons. The molecule has 0 saturated heterocycles. The number of carbonyl (C=O) groups excluding carboxylic acids is 3. The quantitative estimate of drug-likeness (QED) is 0.508. The number of rotatable bonds is 7. The maximum absolute atomic E-state index is 12.3. The van der Waals surface area contributed by atoms with E-state index in [-0.39, 0.29) is 18.1 Å². The SMILES string of the molecule is CCOC(=O)c1nn(-c2ccccc2)cc1OCC(=O)NC(=O)Nc1ccc2c(c1)OCCO2. The highest BCUT2D eigenvalue weighted by atomic mass is 16.6. The molecule has 4 rings (SSSR count). The molecule has 0 spiro atoms. The van der Waals surface area contributed by atoms with Gasteiger partial charge >= 0.3 is 12.0 Å². The van der Waals surface area contributed by atoms with Crippen molar-refractivity contribution >= 4 is 23.6 Å². The van der Waals surface area contributed by atoms with Crippen molar-refractivity contribution in [1.82, 2.24) is 15.1 Å². The number of imide groups is 1. The van der Waals surface area contributed by atoms with Crippen molar-refractivity contribution in [3.63, 3.8) is 0 Å². The average molecular weight is 466 g/mol. The highest BCUT2D eigenvalue weighted by molar-refractivity contribution is 6.01. The van der Waals surface area contributed by atoms with Gasteiger partial charge in [-0.25, -0.2) is 14.3 Å². The Balaban J connectivity index is 1.37. The molecule has 176 valence electrons. The van der Waals surface area contributed by atoms with E-state index in [1.54, 1.807) is 37.3 Å². The Morgan fingerprint density at radius 3 is 2.59 bits per heavy atom. The molecular formula is C23H22N4O7. The van der Waals surface area contributed by atoms with Crippen LogP contribution < -0.4 is 24.8 Å². The minimum Gasteiger partial charge on any atom is -0.486 e. The number of carbonyl (C=O) groups is 3. The zero-order valence-electron chi connectivity index (χ0n) is 18.3. The van der Waals surface area contributed by atoms with Crippen LogP contribution in [0.1, 0.15) is 17.4 Å². The van der Waals surface area contributed by atoms with E-state index < -0.39 is 24.5 Å². The zero-order valence-corrected chi connectivity index (χ0v) is 18.3. The monoisotopic (exact) mass is 466 g/mol. The number of nitrogens with zero attached hydrogens (tertiary/aromatic N) is 2. The predicted molar refractivity (Wildman–Crippen MR) is 120 cm³/mol. The lowest BCUT2D eigenvalue weighted by molar-refractivity contribution is -0.121. The van der Waals surface area contributed by atoms with Crippen LogP contribution in [-0.4, -0.2) is 54.1 Å². The molecule has 11 nitrogen and oxygen atoms in total. The van der Waals surface area contributed by atoms with Gasteiger partial charge in [0.25, 0.3) is 5.91 Å². The highest BCUT2D eigenvalue weighted by Crippen LogP contribution is 2.32. The molecule has 2 heterocycles. The largest absolute Gasteiger partial charge is 0.486 e. The number of benzene rings is 2. The Morgan fingerprint density at radius 2 is 1.82 bits per heavy atom. The van der Waals surface area contributed by atoms with Crippen LogP contribution in [0.25, 0.3) is 5.69 Å². The molecule has 0 fully saturated rings. The van der Waals surface area contributed by atoms with Crippen LogP contribution in [0.15, 0.2) is 54.7 Å². The second-order valence-electron chi connectivity index (χ2n) is 6.99. The standard InChI is InChI=1S/C23H22N4O7/c1-2-31-22(29)21-19(13-27(26-21)16-6-4-3-5-7-16)34-14-20(28)25-23(30)24-15-8-9-17-18(12-15)33-11-10-32-17/h3-9,12-13H,2,10-11,14H2,1H3,(H2,24,25,28,30). The van der Waals surface area contributed by atoms with Crippen LogP contribution in [0, 0.1) is 0 Å². The molecule has 0 saturated carbocycles. The normalized spacial score (nSPS) is 11.9. The number of hydrogen-bond donors (Lipinski definition) is 2. The first-order chi connectivity index (χ1) is 16.5. The predicted octanol–water partition coefficient (Wildman–Crippen LogP) is 2.55. The first-order valence-corrected chi connectivity index (χ1v) is 10.5. The lowest BCUT2D eigenvalue weighted by Gasteiger charge is -2.19. The van der Waals surface area contributed by atoms with Crippen molar-refractivity contribution in [2.45, 2.75) is 6.92 Å². The van der Waals surface area contributed by atoms with Crippen LogP contribution in [0.4, 0.5) is 10.5 Å². The van der Waals surface area contributed by atoms with Gasteiger partial charge in [-0.3, -0.25) is 10.1 Å². The fraction of sp³-hybridized carbons (Fsp3) is 0.217. The third-order valence-corrected chi connectivity index (χ3v) is 4.58. The van der Waals surface area contributed by atoms with Gasteiger partial charge in [-0.15, -0.1) is 0 Å². The highest BCUT2D eigenvalue weighted by Gasteiger charge is 2.21. The summed E-state index contributed by atoms with van der Waals surface area (Å²) in [5.74, 6) is -0.290. The smallest absolute Gasteiger partial charge is 0.362 e. The van der Waals surface area contributed by atoms with Crippen molar-refractivity contribution in [2.75, 3.05) is 31.7 Å². The zero-order chi connectivity index (χ0) is 23.9. The summed E-state index contributed by atoms with van der Waals surface area (Å²) in [6.07, 6.45) is 1.46. The van der Waals surface area contributed by atoms with Crippen molar-refractivity contribution in [2.24, 2.45) is 0 Å². The minimum absolute atomic E-state index is 0.0460. The molecule has 3 aromatic rings. The second kappa shape index (κ2) is 10.4. The van der Waals surface area contributed by atoms with Crippen LogP contribution in [-0.2, 0) is 9.53 Å². The minimum atomic E-state index is -0.754. The molecule has 2 aromatic carbocycles. The molecule has 0 bridgehead atoms. The van der Waals surface area contributed by atoms with E-state index in [0.29, 0.717) is 36.1 Å². The van der Waals surface area contributed by atoms with E-state index in [0.717, 1.165) is 0 Å². The number of urea groups is 1. The number of fused-ring (bicyclic) bond motifs is 1. The van der Waals surface area contributed by atoms with Gasteiger partial charge in [0.15, 0.2) is 23.9 Å². The third-order valence-electron chi connectivity index (χ3n) is 4.58. The first-order valence-electron chi connectivity index (χ1n) is 10.5. The van der Waals surface area contributed by atoms with E-state index in [1.165, 1.54) is 10.9 Å². The number of ether oxygens (including phenoxy) is 4. The van der Waals surface area contributed by atoms with Gasteiger partial charge in [0, 0.05) is 11.8 Å². The number of para-hydroxylation sites is 1. The third kappa shape index (κ3) is 5.44. The molecule has 2 N–H and O–H groups in total. The van der Waals surface area contributed by atoms with Gasteiger partial charge in [-0.2, -0.15) is 5.10 Å². The Hall–Kier alpha value is -4.54. The second-order valence-corrected chi connectivity index (χ2v) is 6.99. The van der Waals surface area contributed by atoms with Crippen molar-refractivity contribution in [3.8, 4) is 22.9 Å². The molecule has 0 unspecified atom stereocenters. The molecule has 1 aliphatic rings. The van der Waals surface area contributed by atoms with Gasteiger partial charge in [0.2, 0.25) is 5.69 Å². The molecule has 1 aliphatic heterocycles. The topological polar surface area (TPSA) is 130 Å². The Labute approximate surface area is 194 Å². The van der Waals surface area contributed by atoms with Crippen LogP contribution >= 0.6 is 0 Å². The lowest BCUT2D eigenvalue weighted by Crippen LogP contribution is -2.37. The molecule has 1 aromatic heterocycles. The molecule has 3 amide bonds. The summed E-state index contributed by atoms with van der Waals surface area (Å²) in [7, 11) is 0. The first kappa shape index (κ1) is 22.6. The van der Waals surface area contributed by atoms with Gasteiger partial charge in [-0.1, -0.05) is 18.2 Å². The Bertz CT molecular complexity index is 1190. The fourth-order valence-corrected chi connectivity index (χ4v) is 3.11. The Morgan fingerprint density at radius 1 is 1.06 bits per heavy atom. The van der Waals surface area contributed by atoms with Gasteiger partial charge in [0.05, 0.1) is 18.5 Å². The van der Waals surface area contributed by atoms with E-state index in [1.807, 2.05) is 18.2 Å². The van der Waals surface area contributed by atoms with E-state index >= 15 is 0 Å². The van der Waals surface area contributed by atoms with Crippen LogP contribution in [0.2, 0.25) is 0 Å². The number of hydrogen-bond acceptors (Lipinski definition) is 8. The summed E-state index contributed by atoms with van der Waals surface area (Å²) in [5, 5.41) is 8.92. The maximum Gasteiger partial charge on any atom is 0.362 e. The summed E-state index contributed by atoms with van der Waals surface area (Å²) in [5.41, 5.74) is 1.02. The van der Waals surface area contributed by atoms with Gasteiger partial charge in [0.1, 0.15) is 13.2 Å². The molecule has 34 heavy (non-hydrogen) atoms. The number of aromatic nitrogens is 2. The Kier molecular flexibility index (Phi) is 6.92. The molecule has 0 aliphatic carbocycles. The maximum atomic E-state index is 12.3. The van der Waals surface area contributed by atoms with E-state index in [2.05, 4.69) is 15.7 Å². The van der Waals surface area contributed by atoms with E-state index in [9.17, 15) is 14.4 Å².